The molecule has 0 saturated carbocycles. The summed E-state index contributed by atoms with van der Waals surface area (Å²) in [7, 11) is 0. The van der Waals surface area contributed by atoms with Crippen molar-refractivity contribution in [2.24, 2.45) is 5.41 Å². The standard InChI is InChI=1S/C7H11F2NO2.ClH/c1-6(2)4(5(11)12)10-3-7(6,8)9;/h4,10H,3H2,1-2H3,(H,11,12);1H. The third-order valence-electron chi connectivity index (χ3n) is 2.44. The Kier molecular flexibility index (Phi) is 3.27. The first-order valence-corrected chi connectivity index (χ1v) is 3.63. The molecule has 1 unspecified atom stereocenters. The maximum Gasteiger partial charge on any atom is 0.321 e. The number of halogens is 3. The van der Waals surface area contributed by atoms with Gasteiger partial charge in [0.1, 0.15) is 6.04 Å². The Hall–Kier alpha value is -0.420. The molecule has 1 fully saturated rings. The lowest BCUT2D eigenvalue weighted by Gasteiger charge is -2.28. The molecule has 1 saturated heterocycles. The highest BCUT2D eigenvalue weighted by atomic mass is 35.5. The van der Waals surface area contributed by atoms with Gasteiger partial charge in [0.2, 0.25) is 0 Å². The lowest BCUT2D eigenvalue weighted by molar-refractivity contribution is -0.146. The van der Waals surface area contributed by atoms with Crippen molar-refractivity contribution in [2.75, 3.05) is 6.54 Å². The van der Waals surface area contributed by atoms with Crippen LogP contribution in [0.3, 0.4) is 0 Å². The van der Waals surface area contributed by atoms with E-state index in [-0.39, 0.29) is 12.4 Å². The second kappa shape index (κ2) is 3.38. The van der Waals surface area contributed by atoms with E-state index in [0.717, 1.165) is 0 Å². The highest BCUT2D eigenvalue weighted by Gasteiger charge is 2.59. The first kappa shape index (κ1) is 12.6. The fourth-order valence-corrected chi connectivity index (χ4v) is 1.32. The monoisotopic (exact) mass is 215 g/mol. The molecule has 0 aromatic carbocycles. The second-order valence-corrected chi connectivity index (χ2v) is 3.58. The van der Waals surface area contributed by atoms with E-state index >= 15 is 0 Å². The highest BCUT2D eigenvalue weighted by molar-refractivity contribution is 5.85. The van der Waals surface area contributed by atoms with E-state index in [1.807, 2.05) is 0 Å². The fraction of sp³-hybridized carbons (Fsp3) is 0.857. The highest BCUT2D eigenvalue weighted by Crippen LogP contribution is 2.43. The molecule has 0 aromatic rings. The molecule has 1 aliphatic rings. The van der Waals surface area contributed by atoms with Crippen molar-refractivity contribution in [3.05, 3.63) is 0 Å². The van der Waals surface area contributed by atoms with Crippen LogP contribution in [0.15, 0.2) is 0 Å². The number of hydrogen-bond acceptors (Lipinski definition) is 2. The number of alkyl halides is 2. The van der Waals surface area contributed by atoms with Crippen LogP contribution in [0.1, 0.15) is 13.8 Å². The summed E-state index contributed by atoms with van der Waals surface area (Å²) >= 11 is 0. The van der Waals surface area contributed by atoms with Gasteiger partial charge in [-0.15, -0.1) is 12.4 Å². The maximum atomic E-state index is 13.0. The quantitative estimate of drug-likeness (QED) is 0.689. The summed E-state index contributed by atoms with van der Waals surface area (Å²) in [5, 5.41) is 10.9. The average Bonchev–Trinajstić information content (AvgIpc) is 2.03. The first-order valence-electron chi connectivity index (χ1n) is 3.63. The van der Waals surface area contributed by atoms with Gasteiger partial charge in [0.05, 0.1) is 12.0 Å². The largest absolute Gasteiger partial charge is 0.480 e. The summed E-state index contributed by atoms with van der Waals surface area (Å²) in [4.78, 5) is 10.5. The van der Waals surface area contributed by atoms with Crippen LogP contribution in [0.5, 0.6) is 0 Å². The van der Waals surface area contributed by atoms with Gasteiger partial charge in [0, 0.05) is 0 Å². The van der Waals surface area contributed by atoms with E-state index in [2.05, 4.69) is 5.32 Å². The zero-order valence-corrected chi connectivity index (χ0v) is 8.12. The van der Waals surface area contributed by atoms with Gasteiger partial charge in [-0.25, -0.2) is 8.78 Å². The van der Waals surface area contributed by atoms with Gasteiger partial charge in [-0.1, -0.05) is 13.8 Å². The van der Waals surface area contributed by atoms with Crippen LogP contribution in [-0.4, -0.2) is 29.6 Å². The van der Waals surface area contributed by atoms with Crippen molar-refractivity contribution in [1.82, 2.24) is 5.32 Å². The minimum absolute atomic E-state index is 0. The third kappa shape index (κ3) is 1.76. The molecular weight excluding hydrogens is 204 g/mol. The average molecular weight is 216 g/mol. The van der Waals surface area contributed by atoms with Crippen molar-refractivity contribution in [3.8, 4) is 0 Å². The Balaban J connectivity index is 0.00000144. The van der Waals surface area contributed by atoms with Gasteiger partial charge in [-0.3, -0.25) is 10.1 Å². The minimum Gasteiger partial charge on any atom is -0.480 e. The summed E-state index contributed by atoms with van der Waals surface area (Å²) < 4.78 is 26.0. The van der Waals surface area contributed by atoms with E-state index in [1.54, 1.807) is 0 Å². The molecule has 0 amide bonds. The van der Waals surface area contributed by atoms with Gasteiger partial charge in [-0.2, -0.15) is 0 Å². The van der Waals surface area contributed by atoms with Crippen LogP contribution in [0.25, 0.3) is 0 Å². The lowest BCUT2D eigenvalue weighted by atomic mass is 9.82. The second-order valence-electron chi connectivity index (χ2n) is 3.58. The van der Waals surface area contributed by atoms with Crippen molar-refractivity contribution >= 4 is 18.4 Å². The van der Waals surface area contributed by atoms with Gasteiger partial charge < -0.3 is 5.11 Å². The van der Waals surface area contributed by atoms with Crippen LogP contribution >= 0.6 is 12.4 Å². The number of hydrogen-bond donors (Lipinski definition) is 2. The van der Waals surface area contributed by atoms with E-state index in [9.17, 15) is 13.6 Å². The Morgan fingerprint density at radius 3 is 2.15 bits per heavy atom. The summed E-state index contributed by atoms with van der Waals surface area (Å²) in [5.74, 6) is -4.17. The zero-order valence-electron chi connectivity index (χ0n) is 7.30. The molecule has 3 nitrogen and oxygen atoms in total. The molecule has 78 valence electrons. The minimum atomic E-state index is -2.95. The van der Waals surface area contributed by atoms with Crippen LogP contribution in [0.2, 0.25) is 0 Å². The normalized spacial score (nSPS) is 29.4. The number of carboxylic acid groups (broad SMARTS) is 1. The molecule has 2 N–H and O–H groups in total. The summed E-state index contributed by atoms with van der Waals surface area (Å²) in [5.41, 5.74) is -1.52. The van der Waals surface area contributed by atoms with Crippen molar-refractivity contribution < 1.29 is 18.7 Å². The molecule has 0 aromatic heterocycles. The van der Waals surface area contributed by atoms with E-state index < -0.39 is 29.9 Å². The van der Waals surface area contributed by atoms with Crippen LogP contribution in [0, 0.1) is 5.41 Å². The molecule has 6 heteroatoms. The number of carboxylic acids is 1. The molecule has 0 aliphatic carbocycles. The molecule has 0 radical (unpaired) electrons. The molecule has 1 atom stereocenters. The maximum absolute atomic E-state index is 13.0. The van der Waals surface area contributed by atoms with Crippen LogP contribution in [0.4, 0.5) is 8.78 Å². The first-order chi connectivity index (χ1) is 5.29. The van der Waals surface area contributed by atoms with Gasteiger partial charge in [0.15, 0.2) is 0 Å². The van der Waals surface area contributed by atoms with Crippen molar-refractivity contribution in [2.45, 2.75) is 25.8 Å². The van der Waals surface area contributed by atoms with E-state index in [0.29, 0.717) is 0 Å². The fourth-order valence-electron chi connectivity index (χ4n) is 1.32. The van der Waals surface area contributed by atoms with Gasteiger partial charge >= 0.3 is 5.97 Å². The zero-order chi connectivity index (χ0) is 9.57. The van der Waals surface area contributed by atoms with E-state index in [4.69, 9.17) is 5.11 Å². The topological polar surface area (TPSA) is 49.3 Å². The summed E-state index contributed by atoms with van der Waals surface area (Å²) in [6, 6.07) is -1.16. The van der Waals surface area contributed by atoms with Crippen molar-refractivity contribution in [1.29, 1.82) is 0 Å². The summed E-state index contributed by atoms with van der Waals surface area (Å²) in [6.45, 7) is 1.95. The Morgan fingerprint density at radius 2 is 2.00 bits per heavy atom. The molecule has 1 aliphatic heterocycles. The van der Waals surface area contributed by atoms with Crippen LogP contribution < -0.4 is 5.32 Å². The van der Waals surface area contributed by atoms with Gasteiger partial charge in [-0.05, 0) is 0 Å². The number of nitrogens with one attached hydrogen (secondary N) is 1. The van der Waals surface area contributed by atoms with Crippen LogP contribution in [-0.2, 0) is 4.79 Å². The summed E-state index contributed by atoms with van der Waals surface area (Å²) in [6.07, 6.45) is 0. The molecule has 0 spiro atoms. The Labute approximate surface area is 80.9 Å². The third-order valence-corrected chi connectivity index (χ3v) is 2.44. The SMILES string of the molecule is CC1(C)C(C(=O)O)NCC1(F)F.Cl. The Bertz CT molecular complexity index is 221. The molecular formula is C7H12ClF2NO2. The van der Waals surface area contributed by atoms with E-state index in [1.165, 1.54) is 13.8 Å². The number of carbonyl (C=O) groups is 1. The molecule has 13 heavy (non-hydrogen) atoms. The number of rotatable bonds is 1. The van der Waals surface area contributed by atoms with Crippen molar-refractivity contribution in [3.63, 3.8) is 0 Å². The lowest BCUT2D eigenvalue weighted by Crippen LogP contribution is -2.44. The molecule has 1 rings (SSSR count). The Morgan fingerprint density at radius 1 is 1.54 bits per heavy atom. The smallest absolute Gasteiger partial charge is 0.321 e. The van der Waals surface area contributed by atoms with Gasteiger partial charge in [0.25, 0.3) is 5.92 Å². The molecule has 0 bridgehead atoms. The number of aliphatic carboxylic acids is 1. The predicted molar refractivity (Wildman–Crippen MR) is 45.4 cm³/mol. The molecule has 1 heterocycles. The predicted octanol–water partition coefficient (Wildman–Crippen LogP) is 1.13.